The van der Waals surface area contributed by atoms with Crippen LogP contribution >= 0.6 is 45.8 Å². The summed E-state index contributed by atoms with van der Waals surface area (Å²) in [5, 5.41) is 18.8. The fraction of sp³-hybridized carbons (Fsp3) is 0.231. The molecule has 4 heterocycles. The van der Waals surface area contributed by atoms with E-state index in [2.05, 4.69) is 10.2 Å². The van der Waals surface area contributed by atoms with Crippen LogP contribution in [-0.4, -0.2) is 119 Å². The van der Waals surface area contributed by atoms with E-state index in [0.29, 0.717) is 60.9 Å². The first kappa shape index (κ1) is 74.0. The smallest absolute Gasteiger partial charge is 0.422 e. The van der Waals surface area contributed by atoms with Crippen LogP contribution in [0, 0.1) is 0 Å². The maximum absolute atomic E-state index is 7.42. The zero-order valence-electron chi connectivity index (χ0n) is 58.9. The van der Waals surface area contributed by atoms with Crippen LogP contribution in [0.5, 0.6) is 34.5 Å². The fourth-order valence-electron chi connectivity index (χ4n) is 12.3. The predicted molar refractivity (Wildman–Crippen MR) is 428 cm³/mol. The van der Waals surface area contributed by atoms with Crippen LogP contribution < -0.4 is 37.3 Å². The van der Waals surface area contributed by atoms with Crippen LogP contribution in [0.3, 0.4) is 0 Å². The highest BCUT2D eigenvalue weighted by Gasteiger charge is 2.48. The number of fused-ring (bicyclic) bond motifs is 8. The first-order valence-electron chi connectivity index (χ1n) is 35.6. The molecule has 4 unspecified atom stereocenters. The molecule has 4 bridgehead atoms. The lowest BCUT2D eigenvalue weighted by Gasteiger charge is -2.35. The summed E-state index contributed by atoms with van der Waals surface area (Å²) in [6.07, 6.45) is 0. The van der Waals surface area contributed by atoms with E-state index in [-0.39, 0.29) is 92.4 Å². The lowest BCUT2D eigenvalue weighted by Crippen LogP contribution is -2.27. The van der Waals surface area contributed by atoms with Crippen LogP contribution in [0.25, 0.3) is 64.6 Å². The summed E-state index contributed by atoms with van der Waals surface area (Å²) in [5.74, 6) is 2.38. The number of nitrogens with zero attached hydrogens (tertiary/aromatic N) is 6. The first-order valence-corrected chi connectivity index (χ1v) is 45.0. The highest BCUT2D eigenvalue weighted by atomic mass is 31.3. The van der Waals surface area contributed by atoms with Crippen molar-refractivity contribution in [2.24, 2.45) is 27.1 Å². The summed E-state index contributed by atoms with van der Waals surface area (Å²) in [7, 11) is -25.2. The molecule has 0 radical (unpaired) electrons. The van der Waals surface area contributed by atoms with Gasteiger partial charge in [0, 0.05) is 13.1 Å². The molecule has 0 spiro atoms. The van der Waals surface area contributed by atoms with E-state index in [0.717, 1.165) is 64.6 Å². The van der Waals surface area contributed by atoms with E-state index in [1.54, 1.807) is 0 Å². The zero-order valence-corrected chi connectivity index (χ0v) is 64.2. The van der Waals surface area contributed by atoms with E-state index < -0.39 is 45.8 Å². The van der Waals surface area contributed by atoms with Gasteiger partial charge in [0.2, 0.25) is 0 Å². The molecule has 4 atom stereocenters. The lowest BCUT2D eigenvalue weighted by molar-refractivity contribution is 0.00492. The third kappa shape index (κ3) is 18.5. The molecule has 4 aliphatic heterocycles. The Kier molecular flexibility index (Phi) is 23.6. The molecule has 0 saturated carbocycles. The molecule has 558 valence electrons. The second-order valence-electron chi connectivity index (χ2n) is 25.0. The second-order valence-corrected chi connectivity index (χ2v) is 38.2. The number of nitrogens with one attached hydrogen (secondary N) is 2. The van der Waals surface area contributed by atoms with Gasteiger partial charge in [0.1, 0.15) is 34.5 Å². The summed E-state index contributed by atoms with van der Waals surface area (Å²) in [6.45, 7) is 2.55. The highest BCUT2D eigenvalue weighted by molar-refractivity contribution is 7.80. The van der Waals surface area contributed by atoms with Crippen LogP contribution in [0.15, 0.2) is 282 Å². The first-order chi connectivity index (χ1) is 53.1. The van der Waals surface area contributed by atoms with Gasteiger partial charge >= 0.3 is 30.6 Å². The maximum atomic E-state index is 7.42. The summed E-state index contributed by atoms with van der Waals surface area (Å²) >= 11 is 0. The Balaban J connectivity index is 0.884. The molecule has 30 heteroatoms. The van der Waals surface area contributed by atoms with Gasteiger partial charge in [-0.25, -0.2) is 10.2 Å². The Hall–Kier alpha value is -8.10. The molecular formula is C78H80N8O16P6. The van der Waals surface area contributed by atoms with Crippen molar-refractivity contribution in [3.05, 3.63) is 255 Å². The molecule has 0 fully saturated rings. The van der Waals surface area contributed by atoms with E-state index in [1.165, 1.54) is 0 Å². The molecule has 108 heavy (non-hydrogen) atoms. The second kappa shape index (κ2) is 34.4. The number of rotatable bonds is 17. The van der Waals surface area contributed by atoms with Crippen molar-refractivity contribution in [2.75, 3.05) is 119 Å². The van der Waals surface area contributed by atoms with Crippen LogP contribution in [0.1, 0.15) is 0 Å². The number of benzene rings is 12. The van der Waals surface area contributed by atoms with Gasteiger partial charge in [0.05, 0.1) is 106 Å². The molecule has 24 nitrogen and oxygen atoms in total. The fourth-order valence-corrected chi connectivity index (χ4v) is 31.4. The predicted octanol–water partition coefficient (Wildman–Crippen LogP) is 21.5. The third-order valence-electron chi connectivity index (χ3n) is 17.3. The normalized spacial score (nSPS) is 22.6. The largest absolute Gasteiger partial charge is 0.457 e. The molecule has 16 rings (SSSR count). The van der Waals surface area contributed by atoms with Gasteiger partial charge < -0.3 is 64.6 Å². The van der Waals surface area contributed by atoms with Crippen molar-refractivity contribution in [2.45, 2.75) is 0 Å². The Morgan fingerprint density at radius 1 is 0.222 bits per heavy atom. The third-order valence-corrected chi connectivity index (χ3v) is 34.5. The average molecular weight is 1570 g/mol. The van der Waals surface area contributed by atoms with E-state index in [1.807, 2.05) is 255 Å². The van der Waals surface area contributed by atoms with Crippen LogP contribution in [0.4, 0.5) is 0 Å². The van der Waals surface area contributed by atoms with Crippen molar-refractivity contribution in [3.8, 4) is 34.5 Å². The highest BCUT2D eigenvalue weighted by Crippen LogP contribution is 2.80. The monoisotopic (exact) mass is 1570 g/mol. The number of ether oxygens (including phenoxy) is 6. The van der Waals surface area contributed by atoms with Crippen molar-refractivity contribution in [1.29, 1.82) is 0 Å². The topological polar surface area (TPSA) is 246 Å². The summed E-state index contributed by atoms with van der Waals surface area (Å²) in [5.41, 5.74) is 0. The van der Waals surface area contributed by atoms with Crippen LogP contribution in [-0.2, 0) is 46.5 Å². The Morgan fingerprint density at radius 2 is 0.435 bits per heavy atom. The SMILES string of the molecule is c1ccc2cc(OP34=NP(NCCNP56=NP(Oc7ccc8ccccc8c7)(Oc7ccc8ccccc8c7)=NP(Oc7ccc8ccccc8c7)(=N5)OCCOCCOCCOCCO6)(=NP(Oc5ccc6ccccc6c5)(Oc5ccc6ccccc6c5)=N3)OCCOCCOCCOCCO4)ccc2c1. The molecule has 0 aliphatic carbocycles. The van der Waals surface area contributed by atoms with Crippen molar-refractivity contribution in [1.82, 2.24) is 10.2 Å². The summed E-state index contributed by atoms with van der Waals surface area (Å²) in [4.78, 5) is 0. The van der Waals surface area contributed by atoms with E-state index >= 15 is 0 Å². The minimum Gasteiger partial charge on any atom is -0.422 e. The van der Waals surface area contributed by atoms with Gasteiger partial charge in [-0.3, -0.25) is 9.05 Å². The Morgan fingerprint density at radius 3 is 0.685 bits per heavy atom. The maximum Gasteiger partial charge on any atom is 0.457 e. The molecular weight excluding hydrogens is 1490 g/mol. The molecule has 0 saturated heterocycles. The summed E-state index contributed by atoms with van der Waals surface area (Å²) < 4.78 is 144. The molecule has 0 amide bonds. The van der Waals surface area contributed by atoms with E-state index in [4.69, 9.17) is 101 Å². The molecule has 12 aromatic carbocycles. The number of hydrogen-bond donors (Lipinski definition) is 2. The lowest BCUT2D eigenvalue weighted by atomic mass is 10.1. The molecule has 2 N–H and O–H groups in total. The van der Waals surface area contributed by atoms with Crippen LogP contribution in [0.2, 0.25) is 0 Å². The van der Waals surface area contributed by atoms with Gasteiger partial charge in [-0.05, 0) is 137 Å². The van der Waals surface area contributed by atoms with Crippen molar-refractivity contribution in [3.63, 3.8) is 0 Å². The molecule has 12 aromatic rings. The van der Waals surface area contributed by atoms with Gasteiger partial charge in [-0.2, -0.15) is 0 Å². The minimum atomic E-state index is -4.29. The van der Waals surface area contributed by atoms with Gasteiger partial charge in [-0.1, -0.05) is 182 Å². The standard InChI is InChI=1S/C78H80N8O16P6/c1-7-19-67-55-73(31-25-61(67)13-1)97-105-81-103(93-51-47-89-43-39-87-41-45-91-49-53-95-105,83-107(85-105,99-75-33-27-63-15-3-9-21-69(63)57-75)100-76-34-28-64-16-4-10-22-70(64)58-76)79-37-38-80-104-82-106(98-74-32-26-62-14-2-8-20-68(62)56-74,96-54-50-92-46-42-88-40-44-90-48-52-94-104)86-108(84-104,101-77-35-29-65-17-5-11-23-71(65)59-77)102-78-36-30-66-18-6-12-24-72(66)60-78/h1-36,55-60,79-80H,37-54H2. The average Bonchev–Trinajstić information content (AvgIpc) is 0.738. The van der Waals surface area contributed by atoms with Gasteiger partial charge in [0.25, 0.3) is 15.2 Å². The quantitative estimate of drug-likeness (QED) is 0.0635. The van der Waals surface area contributed by atoms with Crippen molar-refractivity contribution < 1.29 is 73.7 Å². The molecule has 4 aliphatic rings. The van der Waals surface area contributed by atoms with Crippen molar-refractivity contribution >= 4 is 110 Å². The molecule has 0 aromatic heterocycles. The minimum absolute atomic E-state index is 0.0180. The van der Waals surface area contributed by atoms with Gasteiger partial charge in [0.15, 0.2) is 0 Å². The Labute approximate surface area is 626 Å². The summed E-state index contributed by atoms with van der Waals surface area (Å²) in [6, 6.07) is 82.7. The van der Waals surface area contributed by atoms with Gasteiger partial charge in [-0.15, -0.1) is 27.1 Å². The van der Waals surface area contributed by atoms with E-state index in [9.17, 15) is 0 Å². The number of hydrogen-bond acceptors (Lipinski definition) is 24. The Bertz CT molecular complexity index is 5090. The zero-order chi connectivity index (χ0) is 72.8.